The van der Waals surface area contributed by atoms with Crippen LogP contribution in [0, 0.1) is 0 Å². The highest BCUT2D eigenvalue weighted by atomic mass is 32.2. The van der Waals surface area contributed by atoms with Crippen molar-refractivity contribution in [2.45, 2.75) is 23.1 Å². The number of aromatic nitrogens is 2. The van der Waals surface area contributed by atoms with Crippen molar-refractivity contribution in [3.63, 3.8) is 0 Å². The number of nitrogens with zero attached hydrogens (tertiary/aromatic N) is 2. The Labute approximate surface area is 267 Å². The highest BCUT2D eigenvalue weighted by molar-refractivity contribution is 7.92. The predicted molar refractivity (Wildman–Crippen MR) is 187 cm³/mol. The third-order valence-electron chi connectivity index (χ3n) is 9.30. The smallest absolute Gasteiger partial charge is 0.210 e. The normalized spacial score (nSPS) is 13.3. The molecular weight excluding hydrogens is 585 g/mol. The van der Waals surface area contributed by atoms with Crippen LogP contribution >= 0.6 is 0 Å². The minimum absolute atomic E-state index is 0.313. The fraction of sp³-hybridized carbons (Fsp3) is 0.0488. The molecule has 0 radical (unpaired) electrons. The van der Waals surface area contributed by atoms with Crippen LogP contribution in [0.2, 0.25) is 0 Å². The van der Waals surface area contributed by atoms with E-state index in [2.05, 4.69) is 109 Å². The Kier molecular flexibility index (Phi) is 5.83. The Hall–Kier alpha value is -5.52. The Balaban J connectivity index is 1.31. The van der Waals surface area contributed by atoms with Crippen LogP contribution in [-0.4, -0.2) is 18.0 Å². The zero-order chi connectivity index (χ0) is 31.0. The fourth-order valence-electron chi connectivity index (χ4n) is 7.26. The van der Waals surface area contributed by atoms with Crippen LogP contribution in [0.25, 0.3) is 71.6 Å². The second-order valence-electron chi connectivity index (χ2n) is 11.8. The highest BCUT2D eigenvalue weighted by Gasteiger charge is 2.33. The lowest BCUT2D eigenvalue weighted by Gasteiger charge is -2.23. The summed E-state index contributed by atoms with van der Waals surface area (Å²) in [7, 11) is -3.71. The molecule has 0 atom stereocenters. The fourth-order valence-corrected chi connectivity index (χ4v) is 8.88. The van der Waals surface area contributed by atoms with E-state index in [0.717, 1.165) is 44.1 Å². The average Bonchev–Trinajstić information content (AvgIpc) is 3.49. The number of imidazole rings is 1. The molecule has 0 unspecified atom stereocenters. The number of sulfone groups is 1. The minimum atomic E-state index is -3.71. The number of rotatable bonds is 4. The second kappa shape index (κ2) is 9.99. The molecule has 1 aliphatic rings. The standard InChI is InChI=1S/C41H28N2O2S/c1-2-38-42-34-17-10-18-37-41(34)43(38)35-25-29(23-24-36(35)46(37,44)45)40-32-15-8-6-13-30(32)39(31-14-7-9-16-33(31)40)28-21-19-27(20-22-28)26-11-4-3-5-12-26/h3-25H,2H2,1H3. The van der Waals surface area contributed by atoms with Gasteiger partial charge in [-0.2, -0.15) is 0 Å². The second-order valence-corrected chi connectivity index (χ2v) is 13.7. The molecule has 0 saturated heterocycles. The molecule has 0 N–H and O–H groups in total. The molecule has 0 spiro atoms. The van der Waals surface area contributed by atoms with E-state index in [4.69, 9.17) is 4.98 Å². The number of hydrogen-bond donors (Lipinski definition) is 0. The van der Waals surface area contributed by atoms with Crippen molar-refractivity contribution < 1.29 is 8.42 Å². The van der Waals surface area contributed by atoms with Crippen molar-refractivity contribution in [3.8, 4) is 39.1 Å². The first kappa shape index (κ1) is 26.8. The minimum Gasteiger partial charge on any atom is -0.294 e. The number of hydrogen-bond acceptors (Lipinski definition) is 3. The summed E-state index contributed by atoms with van der Waals surface area (Å²) in [6.45, 7) is 2.06. The van der Waals surface area contributed by atoms with E-state index in [1.165, 1.54) is 16.7 Å². The highest BCUT2D eigenvalue weighted by Crippen LogP contribution is 2.46. The molecule has 46 heavy (non-hydrogen) atoms. The molecule has 1 aromatic heterocycles. The zero-order valence-corrected chi connectivity index (χ0v) is 25.9. The molecule has 0 fully saturated rings. The van der Waals surface area contributed by atoms with Crippen molar-refractivity contribution >= 4 is 42.4 Å². The SMILES string of the molecule is CCc1nc2cccc3c2n1-c1cc(-c2c4ccccc4c(-c4ccc(-c5ccccc5)cc4)c4ccccc24)ccc1S3(=O)=O. The van der Waals surface area contributed by atoms with Crippen molar-refractivity contribution in [2.24, 2.45) is 0 Å². The van der Waals surface area contributed by atoms with Crippen LogP contribution in [0.5, 0.6) is 0 Å². The van der Waals surface area contributed by atoms with E-state index < -0.39 is 9.84 Å². The van der Waals surface area contributed by atoms with Crippen LogP contribution in [0.1, 0.15) is 12.7 Å². The van der Waals surface area contributed by atoms with Gasteiger partial charge in [-0.25, -0.2) is 13.4 Å². The summed E-state index contributed by atoms with van der Waals surface area (Å²) in [6.07, 6.45) is 0.682. The van der Waals surface area contributed by atoms with Crippen molar-refractivity contribution in [1.29, 1.82) is 0 Å². The first-order valence-electron chi connectivity index (χ1n) is 15.5. The van der Waals surface area contributed by atoms with E-state index in [1.807, 2.05) is 24.3 Å². The summed E-state index contributed by atoms with van der Waals surface area (Å²) in [5.41, 5.74) is 8.79. The van der Waals surface area contributed by atoms with Gasteiger partial charge in [0, 0.05) is 6.42 Å². The molecular formula is C41H28N2O2S. The Morgan fingerprint density at radius 1 is 0.543 bits per heavy atom. The van der Waals surface area contributed by atoms with E-state index in [9.17, 15) is 8.42 Å². The largest absolute Gasteiger partial charge is 0.294 e. The van der Waals surface area contributed by atoms with Gasteiger partial charge < -0.3 is 0 Å². The lowest BCUT2D eigenvalue weighted by Crippen LogP contribution is -2.16. The summed E-state index contributed by atoms with van der Waals surface area (Å²) in [4.78, 5) is 5.47. The molecule has 0 saturated carbocycles. The first-order chi connectivity index (χ1) is 22.5. The average molecular weight is 613 g/mol. The van der Waals surface area contributed by atoms with Gasteiger partial charge in [-0.1, -0.05) is 122 Å². The molecule has 4 nitrogen and oxygen atoms in total. The maximum absolute atomic E-state index is 13.9. The van der Waals surface area contributed by atoms with Gasteiger partial charge in [0.1, 0.15) is 5.82 Å². The Morgan fingerprint density at radius 2 is 1.09 bits per heavy atom. The monoisotopic (exact) mass is 612 g/mol. The van der Waals surface area contributed by atoms with Crippen molar-refractivity contribution in [3.05, 3.63) is 145 Å². The van der Waals surface area contributed by atoms with Crippen molar-refractivity contribution in [2.75, 3.05) is 0 Å². The number of fused-ring (bicyclic) bond motifs is 4. The van der Waals surface area contributed by atoms with Gasteiger partial charge in [-0.15, -0.1) is 0 Å². The molecule has 9 rings (SSSR count). The topological polar surface area (TPSA) is 52.0 Å². The van der Waals surface area contributed by atoms with E-state index in [-0.39, 0.29) is 0 Å². The molecule has 220 valence electrons. The predicted octanol–water partition coefficient (Wildman–Crippen LogP) is 10.0. The summed E-state index contributed by atoms with van der Waals surface area (Å²) in [5.74, 6) is 0.847. The third kappa shape index (κ3) is 3.79. The Bertz CT molecular complexity index is 2560. The molecule has 0 amide bonds. The van der Waals surface area contributed by atoms with Crippen molar-refractivity contribution in [1.82, 2.24) is 9.55 Å². The van der Waals surface area contributed by atoms with E-state index in [1.54, 1.807) is 18.2 Å². The van der Waals surface area contributed by atoms with Gasteiger partial charge in [0.05, 0.1) is 26.5 Å². The maximum Gasteiger partial charge on any atom is 0.210 e. The first-order valence-corrected chi connectivity index (χ1v) is 17.0. The lowest BCUT2D eigenvalue weighted by atomic mass is 9.85. The van der Waals surface area contributed by atoms with E-state index in [0.29, 0.717) is 32.9 Å². The third-order valence-corrected chi connectivity index (χ3v) is 11.1. The number of para-hydroxylation sites is 1. The van der Waals surface area contributed by atoms with Gasteiger partial charge in [-0.3, -0.25) is 4.57 Å². The van der Waals surface area contributed by atoms with Crippen LogP contribution in [0.3, 0.4) is 0 Å². The van der Waals surface area contributed by atoms with Gasteiger partial charge >= 0.3 is 0 Å². The van der Waals surface area contributed by atoms with Crippen LogP contribution in [-0.2, 0) is 16.3 Å². The lowest BCUT2D eigenvalue weighted by molar-refractivity contribution is 0.594. The molecule has 1 aliphatic heterocycles. The summed E-state index contributed by atoms with van der Waals surface area (Å²) < 4.78 is 29.9. The van der Waals surface area contributed by atoms with Gasteiger partial charge in [0.2, 0.25) is 9.84 Å². The zero-order valence-electron chi connectivity index (χ0n) is 25.1. The summed E-state index contributed by atoms with van der Waals surface area (Å²) >= 11 is 0. The maximum atomic E-state index is 13.9. The van der Waals surface area contributed by atoms with E-state index >= 15 is 0 Å². The molecule has 0 bridgehead atoms. The number of benzene rings is 7. The van der Waals surface area contributed by atoms with Gasteiger partial charge in [0.25, 0.3) is 0 Å². The van der Waals surface area contributed by atoms with Crippen LogP contribution in [0.4, 0.5) is 0 Å². The van der Waals surface area contributed by atoms with Crippen LogP contribution in [0.15, 0.2) is 149 Å². The molecule has 2 heterocycles. The summed E-state index contributed by atoms with van der Waals surface area (Å²) in [5, 5.41) is 4.54. The quantitative estimate of drug-likeness (QED) is 0.186. The molecule has 7 aromatic carbocycles. The summed E-state index contributed by atoms with van der Waals surface area (Å²) in [6, 6.07) is 47.5. The molecule has 5 heteroatoms. The Morgan fingerprint density at radius 3 is 1.72 bits per heavy atom. The van der Waals surface area contributed by atoms with Gasteiger partial charge in [-0.05, 0) is 79.2 Å². The number of aryl methyl sites for hydroxylation is 1. The molecule has 8 aromatic rings. The molecule has 0 aliphatic carbocycles. The van der Waals surface area contributed by atoms with Gasteiger partial charge in [0.15, 0.2) is 0 Å². The van der Waals surface area contributed by atoms with Crippen LogP contribution < -0.4 is 0 Å².